The Bertz CT molecular complexity index is 438. The topological polar surface area (TPSA) is 75.3 Å². The van der Waals surface area contributed by atoms with Gasteiger partial charge in [-0.15, -0.1) is 0 Å². The third-order valence-electron chi connectivity index (χ3n) is 2.07. The number of ketones is 1. The largest absolute Gasteiger partial charge is 0.355 e. The summed E-state index contributed by atoms with van der Waals surface area (Å²) in [6.45, 7) is 1.36. The number of amides is 2. The highest BCUT2D eigenvalue weighted by Crippen LogP contribution is 2.09. The third kappa shape index (κ3) is 4.06. The molecule has 0 aliphatic carbocycles. The molecule has 0 saturated carbocycles. The number of rotatable bonds is 4. The molecule has 1 aromatic rings. The van der Waals surface area contributed by atoms with E-state index in [1.165, 1.54) is 6.92 Å². The molecule has 17 heavy (non-hydrogen) atoms. The molecule has 0 spiro atoms. The molecule has 90 valence electrons. The molecular weight excluding hydrogens is 220 g/mol. The summed E-state index contributed by atoms with van der Waals surface area (Å²) in [4.78, 5) is 33.2. The van der Waals surface area contributed by atoms with Crippen LogP contribution in [-0.2, 0) is 9.59 Å². The van der Waals surface area contributed by atoms with E-state index >= 15 is 0 Å². The van der Waals surface area contributed by atoms with E-state index in [0.29, 0.717) is 11.3 Å². The van der Waals surface area contributed by atoms with Gasteiger partial charge in [0, 0.05) is 18.3 Å². The minimum Gasteiger partial charge on any atom is -0.355 e. The SMILES string of the molecule is CNC(=O)c1ccc(NC(=O)CC(C)=O)cc1. The van der Waals surface area contributed by atoms with Crippen molar-refractivity contribution in [1.82, 2.24) is 5.32 Å². The number of benzene rings is 1. The van der Waals surface area contributed by atoms with Crippen LogP contribution in [-0.4, -0.2) is 24.6 Å². The highest BCUT2D eigenvalue weighted by atomic mass is 16.2. The average molecular weight is 234 g/mol. The molecule has 0 bridgehead atoms. The van der Waals surface area contributed by atoms with Crippen LogP contribution in [0, 0.1) is 0 Å². The van der Waals surface area contributed by atoms with Crippen molar-refractivity contribution >= 4 is 23.3 Å². The second-order valence-electron chi connectivity index (χ2n) is 3.58. The molecule has 0 saturated heterocycles. The fraction of sp³-hybridized carbons (Fsp3) is 0.250. The second kappa shape index (κ2) is 5.79. The zero-order chi connectivity index (χ0) is 12.8. The van der Waals surface area contributed by atoms with E-state index in [9.17, 15) is 14.4 Å². The van der Waals surface area contributed by atoms with Gasteiger partial charge in [0.1, 0.15) is 5.78 Å². The Morgan fingerprint density at radius 3 is 2.18 bits per heavy atom. The summed E-state index contributed by atoms with van der Waals surface area (Å²) in [7, 11) is 1.55. The van der Waals surface area contributed by atoms with Crippen LogP contribution in [0.5, 0.6) is 0 Å². The minimum absolute atomic E-state index is 0.142. The third-order valence-corrected chi connectivity index (χ3v) is 2.07. The number of nitrogens with one attached hydrogen (secondary N) is 2. The van der Waals surface area contributed by atoms with Crippen molar-refractivity contribution in [2.45, 2.75) is 13.3 Å². The lowest BCUT2D eigenvalue weighted by Crippen LogP contribution is -2.18. The van der Waals surface area contributed by atoms with E-state index in [1.807, 2.05) is 0 Å². The minimum atomic E-state index is -0.356. The maximum absolute atomic E-state index is 11.3. The van der Waals surface area contributed by atoms with E-state index < -0.39 is 0 Å². The molecule has 0 fully saturated rings. The fourth-order valence-corrected chi connectivity index (χ4v) is 1.28. The molecule has 0 radical (unpaired) electrons. The molecule has 2 amide bonds. The number of hydrogen-bond acceptors (Lipinski definition) is 3. The first-order valence-electron chi connectivity index (χ1n) is 5.14. The molecule has 2 N–H and O–H groups in total. The van der Waals surface area contributed by atoms with Gasteiger partial charge in [-0.25, -0.2) is 0 Å². The smallest absolute Gasteiger partial charge is 0.251 e. The van der Waals surface area contributed by atoms with Crippen molar-refractivity contribution in [3.05, 3.63) is 29.8 Å². The van der Waals surface area contributed by atoms with Crippen LogP contribution in [0.4, 0.5) is 5.69 Å². The zero-order valence-corrected chi connectivity index (χ0v) is 9.74. The van der Waals surface area contributed by atoms with Crippen LogP contribution in [0.2, 0.25) is 0 Å². The monoisotopic (exact) mass is 234 g/mol. The van der Waals surface area contributed by atoms with Crippen LogP contribution in [0.3, 0.4) is 0 Å². The second-order valence-corrected chi connectivity index (χ2v) is 3.58. The fourth-order valence-electron chi connectivity index (χ4n) is 1.28. The first-order valence-corrected chi connectivity index (χ1v) is 5.14. The maximum Gasteiger partial charge on any atom is 0.251 e. The van der Waals surface area contributed by atoms with Crippen LogP contribution in [0.25, 0.3) is 0 Å². The summed E-state index contributed by atoms with van der Waals surface area (Å²) in [5.74, 6) is -0.735. The highest BCUT2D eigenvalue weighted by Gasteiger charge is 2.06. The van der Waals surface area contributed by atoms with Crippen molar-refractivity contribution in [2.75, 3.05) is 12.4 Å². The highest BCUT2D eigenvalue weighted by molar-refractivity contribution is 6.03. The van der Waals surface area contributed by atoms with E-state index in [4.69, 9.17) is 0 Å². The Morgan fingerprint density at radius 2 is 1.71 bits per heavy atom. The van der Waals surface area contributed by atoms with E-state index in [0.717, 1.165) is 0 Å². The lowest BCUT2D eigenvalue weighted by atomic mass is 10.2. The van der Waals surface area contributed by atoms with Gasteiger partial charge in [0.2, 0.25) is 5.91 Å². The Labute approximate surface area is 99.2 Å². The molecule has 1 rings (SSSR count). The van der Waals surface area contributed by atoms with Crippen molar-refractivity contribution in [2.24, 2.45) is 0 Å². The molecule has 0 aromatic heterocycles. The first-order chi connectivity index (χ1) is 8.02. The Hall–Kier alpha value is -2.17. The summed E-state index contributed by atoms with van der Waals surface area (Å²) in [6.07, 6.45) is -0.142. The van der Waals surface area contributed by atoms with Gasteiger partial charge in [-0.2, -0.15) is 0 Å². The molecule has 0 atom stereocenters. The lowest BCUT2D eigenvalue weighted by molar-refractivity contribution is -0.124. The van der Waals surface area contributed by atoms with Crippen LogP contribution >= 0.6 is 0 Å². The van der Waals surface area contributed by atoms with E-state index in [2.05, 4.69) is 10.6 Å². The number of anilines is 1. The summed E-state index contributed by atoms with van der Waals surface area (Å²) in [5, 5.41) is 5.06. The molecule has 0 aliphatic heterocycles. The summed E-state index contributed by atoms with van der Waals surface area (Å²) >= 11 is 0. The molecule has 5 heteroatoms. The summed E-state index contributed by atoms with van der Waals surface area (Å²) in [5.41, 5.74) is 1.07. The molecular formula is C12H14N2O3. The van der Waals surface area contributed by atoms with Crippen molar-refractivity contribution in [1.29, 1.82) is 0 Å². The van der Waals surface area contributed by atoms with Gasteiger partial charge in [0.15, 0.2) is 0 Å². The number of Topliss-reactive ketones (excluding diaryl/α,β-unsaturated/α-hetero) is 1. The summed E-state index contributed by atoms with van der Waals surface area (Å²) < 4.78 is 0. The van der Waals surface area contributed by atoms with Crippen molar-refractivity contribution < 1.29 is 14.4 Å². The van der Waals surface area contributed by atoms with Crippen molar-refractivity contribution in [3.8, 4) is 0 Å². The zero-order valence-electron chi connectivity index (χ0n) is 9.74. The van der Waals surface area contributed by atoms with Crippen LogP contribution in [0.1, 0.15) is 23.7 Å². The Kier molecular flexibility index (Phi) is 4.39. The van der Waals surface area contributed by atoms with Gasteiger partial charge in [-0.3, -0.25) is 14.4 Å². The van der Waals surface area contributed by atoms with Gasteiger partial charge in [0.05, 0.1) is 6.42 Å². The van der Waals surface area contributed by atoms with Gasteiger partial charge in [0.25, 0.3) is 5.91 Å². The number of hydrogen-bond donors (Lipinski definition) is 2. The Balaban J connectivity index is 2.65. The van der Waals surface area contributed by atoms with Gasteiger partial charge in [-0.1, -0.05) is 0 Å². The van der Waals surface area contributed by atoms with Crippen LogP contribution in [0.15, 0.2) is 24.3 Å². The first kappa shape index (κ1) is 12.9. The maximum atomic E-state index is 11.3. The van der Waals surface area contributed by atoms with Crippen LogP contribution < -0.4 is 10.6 Å². The molecule has 0 unspecified atom stereocenters. The molecule has 5 nitrogen and oxygen atoms in total. The van der Waals surface area contributed by atoms with Gasteiger partial charge < -0.3 is 10.6 Å². The normalized spacial score (nSPS) is 9.53. The predicted molar refractivity (Wildman–Crippen MR) is 63.8 cm³/mol. The number of carbonyl (C=O) groups excluding carboxylic acids is 3. The number of carbonyl (C=O) groups is 3. The van der Waals surface area contributed by atoms with Gasteiger partial charge >= 0.3 is 0 Å². The van der Waals surface area contributed by atoms with E-state index in [-0.39, 0.29) is 24.0 Å². The Morgan fingerprint density at radius 1 is 1.12 bits per heavy atom. The lowest BCUT2D eigenvalue weighted by Gasteiger charge is -2.05. The summed E-state index contributed by atoms with van der Waals surface area (Å²) in [6, 6.07) is 6.43. The van der Waals surface area contributed by atoms with Crippen molar-refractivity contribution in [3.63, 3.8) is 0 Å². The van der Waals surface area contributed by atoms with E-state index in [1.54, 1.807) is 31.3 Å². The van der Waals surface area contributed by atoms with Gasteiger partial charge in [-0.05, 0) is 31.2 Å². The molecule has 0 heterocycles. The molecule has 1 aromatic carbocycles. The predicted octanol–water partition coefficient (Wildman–Crippen LogP) is 0.964. The average Bonchev–Trinajstić information content (AvgIpc) is 2.28. The standard InChI is InChI=1S/C12H14N2O3/c1-8(15)7-11(16)14-10-5-3-9(4-6-10)12(17)13-2/h3-6H,7H2,1-2H3,(H,13,17)(H,14,16). The quantitative estimate of drug-likeness (QED) is 0.762. The molecule has 0 aliphatic rings.